The molecule has 1 aromatic rings. The van der Waals surface area contributed by atoms with E-state index < -0.39 is 10.0 Å². The molecule has 1 amide bonds. The molecule has 1 heterocycles. The Morgan fingerprint density at radius 2 is 1.95 bits per heavy atom. The third-order valence-electron chi connectivity index (χ3n) is 3.75. The van der Waals surface area contributed by atoms with Gasteiger partial charge in [0, 0.05) is 29.7 Å². The topological polar surface area (TPSA) is 66.5 Å². The highest BCUT2D eigenvalue weighted by atomic mass is 79.9. The third kappa shape index (κ3) is 4.79. The molecule has 122 valence electrons. The average molecular weight is 389 g/mol. The Labute approximate surface area is 140 Å². The van der Waals surface area contributed by atoms with E-state index in [0.29, 0.717) is 18.8 Å². The van der Waals surface area contributed by atoms with Crippen molar-refractivity contribution in [2.75, 3.05) is 24.2 Å². The Bertz CT molecular complexity index is 640. The fourth-order valence-corrected chi connectivity index (χ4v) is 4.28. The summed E-state index contributed by atoms with van der Waals surface area (Å²) in [6.45, 7) is 3.12. The highest BCUT2D eigenvalue weighted by molar-refractivity contribution is 9.10. The largest absolute Gasteiger partial charge is 0.326 e. The van der Waals surface area contributed by atoms with Crippen LogP contribution in [0.5, 0.6) is 0 Å². The number of anilines is 1. The molecule has 1 aliphatic rings. The quantitative estimate of drug-likeness (QED) is 0.842. The van der Waals surface area contributed by atoms with Crippen molar-refractivity contribution in [1.82, 2.24) is 4.31 Å². The van der Waals surface area contributed by atoms with Crippen molar-refractivity contribution < 1.29 is 13.2 Å². The van der Waals surface area contributed by atoms with Gasteiger partial charge in [-0.2, -0.15) is 0 Å². The molecule has 0 bridgehead atoms. The van der Waals surface area contributed by atoms with Crippen LogP contribution in [0.1, 0.15) is 31.2 Å². The van der Waals surface area contributed by atoms with E-state index in [-0.39, 0.29) is 18.1 Å². The lowest BCUT2D eigenvalue weighted by Crippen LogP contribution is -2.37. The normalized spacial score (nSPS) is 16.5. The van der Waals surface area contributed by atoms with Crippen molar-refractivity contribution in [1.29, 1.82) is 0 Å². The van der Waals surface area contributed by atoms with Gasteiger partial charge in [0.05, 0.1) is 5.75 Å². The molecule has 0 aromatic heterocycles. The van der Waals surface area contributed by atoms with E-state index in [9.17, 15) is 13.2 Å². The van der Waals surface area contributed by atoms with Crippen LogP contribution in [-0.2, 0) is 14.8 Å². The molecule has 22 heavy (non-hydrogen) atoms. The molecule has 0 unspecified atom stereocenters. The minimum Gasteiger partial charge on any atom is -0.326 e. The van der Waals surface area contributed by atoms with Crippen molar-refractivity contribution in [3.05, 3.63) is 28.2 Å². The average Bonchev–Trinajstić information content (AvgIpc) is 2.50. The van der Waals surface area contributed by atoms with Crippen LogP contribution in [0.4, 0.5) is 5.69 Å². The summed E-state index contributed by atoms with van der Waals surface area (Å²) < 4.78 is 26.8. The maximum Gasteiger partial charge on any atom is 0.225 e. The summed E-state index contributed by atoms with van der Waals surface area (Å²) in [5.41, 5.74) is 1.74. The maximum atomic E-state index is 12.2. The Hall–Kier alpha value is -0.920. The molecule has 2 rings (SSSR count). The molecule has 0 aliphatic carbocycles. The van der Waals surface area contributed by atoms with E-state index in [1.807, 2.05) is 19.1 Å². The number of amides is 1. The first-order valence-corrected chi connectivity index (χ1v) is 9.82. The maximum absolute atomic E-state index is 12.2. The van der Waals surface area contributed by atoms with Crippen LogP contribution >= 0.6 is 15.9 Å². The van der Waals surface area contributed by atoms with E-state index in [4.69, 9.17) is 0 Å². The van der Waals surface area contributed by atoms with E-state index in [1.165, 1.54) is 4.31 Å². The van der Waals surface area contributed by atoms with E-state index in [1.54, 1.807) is 6.07 Å². The molecule has 1 N–H and O–H groups in total. The summed E-state index contributed by atoms with van der Waals surface area (Å²) in [5.74, 6) is -0.414. The summed E-state index contributed by atoms with van der Waals surface area (Å²) >= 11 is 3.40. The highest BCUT2D eigenvalue weighted by Gasteiger charge is 2.24. The predicted molar refractivity (Wildman–Crippen MR) is 91.3 cm³/mol. The second kappa shape index (κ2) is 7.57. The lowest BCUT2D eigenvalue weighted by atomic mass is 10.2. The Morgan fingerprint density at radius 1 is 1.27 bits per heavy atom. The zero-order chi connectivity index (χ0) is 16.2. The van der Waals surface area contributed by atoms with Gasteiger partial charge in [-0.25, -0.2) is 12.7 Å². The van der Waals surface area contributed by atoms with Crippen LogP contribution in [0.2, 0.25) is 0 Å². The molecule has 0 spiro atoms. The minimum absolute atomic E-state index is 0.0235. The van der Waals surface area contributed by atoms with Gasteiger partial charge in [-0.05, 0) is 37.5 Å². The summed E-state index contributed by atoms with van der Waals surface area (Å²) in [6.07, 6.45) is 2.87. The van der Waals surface area contributed by atoms with Crippen molar-refractivity contribution in [2.24, 2.45) is 0 Å². The molecule has 0 atom stereocenters. The van der Waals surface area contributed by atoms with Gasteiger partial charge in [0.15, 0.2) is 0 Å². The number of hydrogen-bond donors (Lipinski definition) is 1. The Kier molecular flexibility index (Phi) is 6.00. The standard InChI is InChI=1S/C15H21BrN2O3S/c1-12-5-6-13(11-14(12)16)17-15(19)7-10-22(20,21)18-8-3-2-4-9-18/h5-6,11H,2-4,7-10H2,1H3,(H,17,19). The molecule has 1 aromatic carbocycles. The zero-order valence-corrected chi connectivity index (χ0v) is 15.0. The first kappa shape index (κ1) is 17.4. The molecule has 1 saturated heterocycles. The number of aryl methyl sites for hydroxylation is 1. The summed E-state index contributed by atoms with van der Waals surface area (Å²) in [6, 6.07) is 5.51. The first-order chi connectivity index (χ1) is 10.4. The van der Waals surface area contributed by atoms with Crippen molar-refractivity contribution in [3.8, 4) is 0 Å². The monoisotopic (exact) mass is 388 g/mol. The van der Waals surface area contributed by atoms with Crippen LogP contribution in [0.25, 0.3) is 0 Å². The number of benzene rings is 1. The highest BCUT2D eigenvalue weighted by Crippen LogP contribution is 2.21. The minimum atomic E-state index is -3.32. The van der Waals surface area contributed by atoms with Gasteiger partial charge in [-0.3, -0.25) is 4.79 Å². The number of rotatable bonds is 5. The van der Waals surface area contributed by atoms with Gasteiger partial charge in [-0.15, -0.1) is 0 Å². The van der Waals surface area contributed by atoms with Crippen LogP contribution < -0.4 is 5.32 Å². The Balaban J connectivity index is 1.87. The SMILES string of the molecule is Cc1ccc(NC(=O)CCS(=O)(=O)N2CCCCC2)cc1Br. The molecular formula is C15H21BrN2O3S. The molecule has 1 aliphatic heterocycles. The Morgan fingerprint density at radius 3 is 2.59 bits per heavy atom. The number of carbonyl (C=O) groups excluding carboxylic acids is 1. The third-order valence-corrected chi connectivity index (χ3v) is 6.48. The smallest absolute Gasteiger partial charge is 0.225 e. The zero-order valence-electron chi connectivity index (χ0n) is 12.6. The van der Waals surface area contributed by atoms with Gasteiger partial charge >= 0.3 is 0 Å². The van der Waals surface area contributed by atoms with Gasteiger partial charge in [0.25, 0.3) is 0 Å². The summed E-state index contributed by atoms with van der Waals surface area (Å²) in [5, 5.41) is 2.73. The summed E-state index contributed by atoms with van der Waals surface area (Å²) in [7, 11) is -3.32. The predicted octanol–water partition coefficient (Wildman–Crippen LogP) is 2.90. The van der Waals surface area contributed by atoms with Gasteiger partial charge in [0.2, 0.25) is 15.9 Å². The number of hydrogen-bond acceptors (Lipinski definition) is 3. The lowest BCUT2D eigenvalue weighted by Gasteiger charge is -2.25. The van der Waals surface area contributed by atoms with Gasteiger partial charge in [-0.1, -0.05) is 28.4 Å². The van der Waals surface area contributed by atoms with Crippen molar-refractivity contribution >= 4 is 37.5 Å². The van der Waals surface area contributed by atoms with E-state index in [0.717, 1.165) is 29.3 Å². The molecule has 7 heteroatoms. The molecule has 5 nitrogen and oxygen atoms in total. The number of carbonyl (C=O) groups is 1. The van der Waals surface area contributed by atoms with Gasteiger partial charge < -0.3 is 5.32 Å². The second-order valence-electron chi connectivity index (χ2n) is 5.54. The number of sulfonamides is 1. The molecule has 1 fully saturated rings. The van der Waals surface area contributed by atoms with Crippen LogP contribution in [-0.4, -0.2) is 37.5 Å². The fraction of sp³-hybridized carbons (Fsp3) is 0.533. The summed E-state index contributed by atoms with van der Waals surface area (Å²) in [4.78, 5) is 11.9. The van der Waals surface area contributed by atoms with Crippen molar-refractivity contribution in [3.63, 3.8) is 0 Å². The number of nitrogens with zero attached hydrogens (tertiary/aromatic N) is 1. The van der Waals surface area contributed by atoms with Crippen LogP contribution in [0.3, 0.4) is 0 Å². The van der Waals surface area contributed by atoms with E-state index in [2.05, 4.69) is 21.2 Å². The number of piperidine rings is 1. The fourth-order valence-electron chi connectivity index (χ4n) is 2.39. The van der Waals surface area contributed by atoms with Crippen LogP contribution in [0.15, 0.2) is 22.7 Å². The molecule has 0 saturated carbocycles. The number of halogens is 1. The molecular weight excluding hydrogens is 368 g/mol. The molecule has 0 radical (unpaired) electrons. The van der Waals surface area contributed by atoms with E-state index >= 15 is 0 Å². The van der Waals surface area contributed by atoms with Gasteiger partial charge in [0.1, 0.15) is 0 Å². The van der Waals surface area contributed by atoms with Crippen molar-refractivity contribution in [2.45, 2.75) is 32.6 Å². The number of nitrogens with one attached hydrogen (secondary N) is 1. The second-order valence-corrected chi connectivity index (χ2v) is 8.48. The lowest BCUT2D eigenvalue weighted by molar-refractivity contribution is -0.115. The first-order valence-electron chi connectivity index (χ1n) is 7.42. The van der Waals surface area contributed by atoms with Crippen LogP contribution in [0, 0.1) is 6.92 Å².